The van der Waals surface area contributed by atoms with E-state index in [1.54, 1.807) is 4.90 Å². The van der Waals surface area contributed by atoms with Gasteiger partial charge in [0.05, 0.1) is 41.7 Å². The van der Waals surface area contributed by atoms with Crippen LogP contribution in [0.4, 0.5) is 0 Å². The van der Waals surface area contributed by atoms with E-state index in [0.29, 0.717) is 12.6 Å². The number of likely N-dealkylation sites (tertiary alicyclic amines) is 1. The van der Waals surface area contributed by atoms with Crippen molar-refractivity contribution in [1.29, 1.82) is 0 Å². The average molecular weight is 419 g/mol. The molecule has 1 saturated heterocycles. The Kier molecular flexibility index (Phi) is 8.05. The molecular weight excluding hydrogens is 390 g/mol. The number of nitrogens with zero attached hydrogens (tertiary/aromatic N) is 1. The summed E-state index contributed by atoms with van der Waals surface area (Å²) in [4.78, 5) is 18.8. The van der Waals surface area contributed by atoms with Crippen molar-refractivity contribution in [3.63, 3.8) is 0 Å². The molecule has 1 aromatic carbocycles. The predicted octanol–water partition coefficient (Wildman–Crippen LogP) is 1.10. The van der Waals surface area contributed by atoms with E-state index in [1.807, 2.05) is 0 Å². The highest BCUT2D eigenvalue weighted by molar-refractivity contribution is 7.89. The zero-order valence-electron chi connectivity index (χ0n) is 16.1. The van der Waals surface area contributed by atoms with Crippen LogP contribution in [0.1, 0.15) is 43.0 Å². The number of quaternary nitrogens is 1. The number of rotatable bonds is 8. The van der Waals surface area contributed by atoms with Crippen molar-refractivity contribution < 1.29 is 22.9 Å². The Bertz CT molecular complexity index is 757. The maximum absolute atomic E-state index is 12.5. The second-order valence-corrected chi connectivity index (χ2v) is 9.25. The highest BCUT2D eigenvalue weighted by atomic mass is 35.5. The number of carbonyl (C=O) groups excluding carboxylic acids is 1. The monoisotopic (exact) mass is 418 g/mol. The topological polar surface area (TPSA) is 80.1 Å². The summed E-state index contributed by atoms with van der Waals surface area (Å²) in [7, 11) is -1.30. The Morgan fingerprint density at radius 1 is 1.41 bits per heavy atom. The third kappa shape index (κ3) is 5.65. The first-order chi connectivity index (χ1) is 12.8. The lowest BCUT2D eigenvalue weighted by atomic mass is 10.0. The molecule has 1 aromatic rings. The van der Waals surface area contributed by atoms with E-state index in [-0.39, 0.29) is 21.4 Å². The quantitative estimate of drug-likeness (QED) is 0.489. The van der Waals surface area contributed by atoms with Gasteiger partial charge in [-0.05, 0) is 44.4 Å². The molecule has 1 unspecified atom stereocenters. The molecule has 152 valence electrons. The van der Waals surface area contributed by atoms with E-state index in [4.69, 9.17) is 16.4 Å². The number of sulfonamides is 1. The van der Waals surface area contributed by atoms with Gasteiger partial charge in [-0.25, -0.2) is 8.42 Å². The van der Waals surface area contributed by atoms with Crippen LogP contribution in [0.3, 0.4) is 0 Å². The van der Waals surface area contributed by atoms with Crippen LogP contribution < -0.4 is 10.2 Å². The molecule has 2 rings (SSSR count). The fourth-order valence-electron chi connectivity index (χ4n) is 3.32. The van der Waals surface area contributed by atoms with Gasteiger partial charge in [0, 0.05) is 20.0 Å². The summed E-state index contributed by atoms with van der Waals surface area (Å²) < 4.78 is 25.4. The third-order valence-corrected chi connectivity index (χ3v) is 7.12. The summed E-state index contributed by atoms with van der Waals surface area (Å²) in [6.45, 7) is 5.01. The lowest BCUT2D eigenvalue weighted by Crippen LogP contribution is -3.16. The zero-order valence-corrected chi connectivity index (χ0v) is 17.7. The number of piperidine rings is 1. The van der Waals surface area contributed by atoms with Crippen molar-refractivity contribution in [2.75, 3.05) is 33.8 Å². The lowest BCUT2D eigenvalue weighted by Gasteiger charge is -2.30. The number of carbonyl (C=O) groups is 1. The zero-order chi connectivity index (χ0) is 20.0. The van der Waals surface area contributed by atoms with Crippen molar-refractivity contribution >= 4 is 27.5 Å². The first-order valence-corrected chi connectivity index (χ1v) is 11.0. The van der Waals surface area contributed by atoms with E-state index in [0.717, 1.165) is 17.4 Å². The molecule has 0 radical (unpaired) electrons. The van der Waals surface area contributed by atoms with Gasteiger partial charge in [0.2, 0.25) is 0 Å². The Labute approximate surface area is 166 Å². The van der Waals surface area contributed by atoms with Crippen molar-refractivity contribution in [3.05, 3.63) is 28.8 Å². The second-order valence-electron chi connectivity index (χ2n) is 6.90. The average Bonchev–Trinajstić information content (AvgIpc) is 2.65. The van der Waals surface area contributed by atoms with Crippen LogP contribution in [0, 0.1) is 0 Å². The molecule has 2 N–H and O–H groups in total. The van der Waals surface area contributed by atoms with Gasteiger partial charge in [-0.1, -0.05) is 16.1 Å². The summed E-state index contributed by atoms with van der Waals surface area (Å²) in [5.74, 6) is -0.376. The summed E-state index contributed by atoms with van der Waals surface area (Å²) in [6, 6.07) is 4.71. The van der Waals surface area contributed by atoms with Gasteiger partial charge in [-0.3, -0.25) is 9.63 Å². The van der Waals surface area contributed by atoms with Crippen LogP contribution in [0.25, 0.3) is 0 Å². The van der Waals surface area contributed by atoms with Gasteiger partial charge in [0.25, 0.3) is 15.9 Å². The first kappa shape index (κ1) is 22.1. The second kappa shape index (κ2) is 9.84. The maximum atomic E-state index is 12.5. The van der Waals surface area contributed by atoms with Gasteiger partial charge >= 0.3 is 0 Å². The highest BCUT2D eigenvalue weighted by Crippen LogP contribution is 2.22. The van der Waals surface area contributed by atoms with Crippen LogP contribution >= 0.6 is 11.6 Å². The lowest BCUT2D eigenvalue weighted by molar-refractivity contribution is -0.928. The van der Waals surface area contributed by atoms with Crippen LogP contribution in [0.2, 0.25) is 5.02 Å². The van der Waals surface area contributed by atoms with Gasteiger partial charge in [0.1, 0.15) is 0 Å². The molecule has 0 spiro atoms. The fourth-order valence-corrected chi connectivity index (χ4v) is 4.53. The van der Waals surface area contributed by atoms with Crippen molar-refractivity contribution in [1.82, 2.24) is 9.79 Å². The number of amides is 1. The number of halogens is 1. The number of hydrogen-bond donors (Lipinski definition) is 2. The summed E-state index contributed by atoms with van der Waals surface area (Å²) in [5.41, 5.74) is 0.140. The van der Waals surface area contributed by atoms with Crippen LogP contribution in [0.15, 0.2) is 23.1 Å². The normalized spacial score (nSPS) is 20.6. The molecule has 1 fully saturated rings. The Balaban J connectivity index is 1.96. The molecule has 2 atom stereocenters. The minimum absolute atomic E-state index is 0.0482. The van der Waals surface area contributed by atoms with E-state index in [1.165, 1.54) is 58.2 Å². The standard InChI is InChI=1S/C18H28ClN3O4S/c1-14-7-4-5-11-22(14)12-6-10-20-18(23)16-13-15(8-9-17(16)19)27(24,25)21(2)26-3/h8-9,13-14H,4-7,10-12H2,1-3H3,(H,20,23)/p+1/t14-/m0/s1. The number of benzene rings is 1. The van der Waals surface area contributed by atoms with Crippen LogP contribution in [-0.2, 0) is 14.9 Å². The van der Waals surface area contributed by atoms with E-state index in [9.17, 15) is 13.2 Å². The number of hydroxylamine groups is 1. The van der Waals surface area contributed by atoms with E-state index < -0.39 is 10.0 Å². The molecule has 1 heterocycles. The first-order valence-electron chi connectivity index (χ1n) is 9.22. The van der Waals surface area contributed by atoms with Crippen molar-refractivity contribution in [2.24, 2.45) is 0 Å². The van der Waals surface area contributed by atoms with Gasteiger partial charge in [0.15, 0.2) is 0 Å². The smallest absolute Gasteiger partial charge is 0.264 e. The SMILES string of the molecule is CON(C)S(=O)(=O)c1ccc(Cl)c(C(=O)NCCC[NH+]2CCCC[C@@H]2C)c1. The van der Waals surface area contributed by atoms with Gasteiger partial charge in [-0.15, -0.1) is 0 Å². The maximum Gasteiger partial charge on any atom is 0.264 e. The molecule has 0 aliphatic carbocycles. The molecule has 1 amide bonds. The van der Waals surface area contributed by atoms with Gasteiger partial charge < -0.3 is 10.2 Å². The number of nitrogens with one attached hydrogen (secondary N) is 2. The molecule has 27 heavy (non-hydrogen) atoms. The molecule has 1 aliphatic heterocycles. The summed E-state index contributed by atoms with van der Waals surface area (Å²) >= 11 is 6.10. The Morgan fingerprint density at radius 3 is 2.81 bits per heavy atom. The fraction of sp³-hybridized carbons (Fsp3) is 0.611. The minimum atomic E-state index is -3.84. The van der Waals surface area contributed by atoms with E-state index in [2.05, 4.69) is 12.2 Å². The molecule has 0 bridgehead atoms. The van der Waals surface area contributed by atoms with Gasteiger partial charge in [-0.2, -0.15) is 0 Å². The predicted molar refractivity (Wildman–Crippen MR) is 104 cm³/mol. The van der Waals surface area contributed by atoms with Crippen molar-refractivity contribution in [2.45, 2.75) is 43.5 Å². The molecule has 0 saturated carbocycles. The molecule has 7 nitrogen and oxygen atoms in total. The summed E-state index contributed by atoms with van der Waals surface area (Å²) in [5, 5.41) is 3.05. The Morgan fingerprint density at radius 2 is 2.15 bits per heavy atom. The van der Waals surface area contributed by atoms with E-state index >= 15 is 0 Å². The number of hydrogen-bond acceptors (Lipinski definition) is 4. The van der Waals surface area contributed by atoms with Crippen LogP contribution in [-0.4, -0.2) is 58.6 Å². The Hall–Kier alpha value is -1.19. The molecular formula is C18H29ClN3O4S+. The molecule has 0 aromatic heterocycles. The van der Waals surface area contributed by atoms with Crippen LogP contribution in [0.5, 0.6) is 0 Å². The molecule has 1 aliphatic rings. The summed E-state index contributed by atoms with van der Waals surface area (Å²) in [6.07, 6.45) is 4.69. The largest absolute Gasteiger partial charge is 0.352 e. The highest BCUT2D eigenvalue weighted by Gasteiger charge is 2.24. The molecule has 9 heteroatoms. The van der Waals surface area contributed by atoms with Crippen molar-refractivity contribution in [3.8, 4) is 0 Å². The third-order valence-electron chi connectivity index (χ3n) is 5.12. The minimum Gasteiger partial charge on any atom is -0.352 e.